The predicted octanol–water partition coefficient (Wildman–Crippen LogP) is 4.56. The molecule has 4 rings (SSSR count). The molecule has 0 aliphatic heterocycles. The minimum absolute atomic E-state index is 0.0678. The summed E-state index contributed by atoms with van der Waals surface area (Å²) in [4.78, 5) is 64.3. The van der Waals surface area contributed by atoms with Crippen LogP contribution in [0.2, 0.25) is 0 Å². The van der Waals surface area contributed by atoms with Gasteiger partial charge < -0.3 is 30.4 Å². The van der Waals surface area contributed by atoms with Gasteiger partial charge in [0.1, 0.15) is 25.4 Å². The molecule has 3 N–H and O–H groups in total. The van der Waals surface area contributed by atoms with Crippen molar-refractivity contribution < 1.29 is 39.7 Å². The summed E-state index contributed by atoms with van der Waals surface area (Å²) >= 11 is 0. The van der Waals surface area contributed by atoms with Crippen LogP contribution in [0.1, 0.15) is 98.8 Å². The maximum atomic E-state index is 11.5. The van der Waals surface area contributed by atoms with Crippen molar-refractivity contribution in [2.45, 2.75) is 117 Å². The van der Waals surface area contributed by atoms with E-state index >= 15 is 0 Å². The van der Waals surface area contributed by atoms with Gasteiger partial charge in [0.25, 0.3) is 20.3 Å². The molecule has 0 aromatic heterocycles. The zero-order chi connectivity index (χ0) is 36.4. The fourth-order valence-corrected chi connectivity index (χ4v) is 11.6. The molecule has 49 heavy (non-hydrogen) atoms. The van der Waals surface area contributed by atoms with Crippen LogP contribution >= 0.6 is 0 Å². The van der Waals surface area contributed by atoms with Gasteiger partial charge in [-0.2, -0.15) is 0 Å². The molecule has 0 saturated heterocycles. The molecule has 4 aliphatic carbocycles. The largest absolute Gasteiger partial charge is 0.330 e. The van der Waals surface area contributed by atoms with Gasteiger partial charge in [-0.3, -0.25) is 0 Å². The third kappa shape index (κ3) is 9.29. The highest BCUT2D eigenvalue weighted by molar-refractivity contribution is 5.10. The molecule has 0 amide bonds. The summed E-state index contributed by atoms with van der Waals surface area (Å²) in [6.07, 6.45) is 5.43. The van der Waals surface area contributed by atoms with Crippen LogP contribution in [0.15, 0.2) is 0 Å². The van der Waals surface area contributed by atoms with E-state index in [2.05, 4.69) is 42.7 Å². The molecular weight excluding hydrogens is 648 g/mol. The molecule has 4 bridgehead atoms. The Morgan fingerprint density at radius 2 is 1.43 bits per heavy atom. The van der Waals surface area contributed by atoms with Gasteiger partial charge in [-0.1, -0.05) is 34.6 Å². The molecule has 4 saturated carbocycles. The molecule has 18 nitrogen and oxygen atoms in total. The fourth-order valence-electron chi connectivity index (χ4n) is 11.6. The maximum absolute atomic E-state index is 11.5. The Kier molecular flexibility index (Phi) is 11.7. The van der Waals surface area contributed by atoms with Crippen molar-refractivity contribution in [2.75, 3.05) is 26.3 Å². The Balaban J connectivity index is 1.63. The molecule has 0 aromatic rings. The van der Waals surface area contributed by atoms with Gasteiger partial charge in [0, 0.05) is 12.6 Å². The second kappa shape index (κ2) is 14.9. The molecule has 280 valence electrons. The molecule has 0 heterocycles. The topological polar surface area (TPSA) is 248 Å². The van der Waals surface area contributed by atoms with Crippen molar-refractivity contribution in [3.63, 3.8) is 0 Å². The third-order valence-electron chi connectivity index (χ3n) is 12.4. The highest BCUT2D eigenvalue weighted by Gasteiger charge is 2.58. The van der Waals surface area contributed by atoms with Crippen LogP contribution in [-0.2, 0) is 19.4 Å². The smallest absolute Gasteiger partial charge is 0.294 e. The first-order valence-electron chi connectivity index (χ1n) is 17.4. The average Bonchev–Trinajstić information content (AvgIpc) is 2.95. The van der Waals surface area contributed by atoms with E-state index in [1.54, 1.807) is 0 Å². The number of hydrogen-bond donors (Lipinski definition) is 2. The number of hydrogen-bond acceptors (Lipinski definition) is 14. The molecule has 4 fully saturated rings. The predicted molar refractivity (Wildman–Crippen MR) is 172 cm³/mol. The van der Waals surface area contributed by atoms with Crippen LogP contribution < -0.4 is 11.1 Å². The number of rotatable bonds is 18. The van der Waals surface area contributed by atoms with Crippen molar-refractivity contribution in [2.24, 2.45) is 57.0 Å². The van der Waals surface area contributed by atoms with E-state index in [1.807, 2.05) is 6.92 Å². The van der Waals surface area contributed by atoms with Gasteiger partial charge in [-0.05, 0) is 122 Å². The van der Waals surface area contributed by atoms with E-state index in [0.717, 1.165) is 51.4 Å². The van der Waals surface area contributed by atoms with E-state index in [9.17, 15) is 40.5 Å². The first-order chi connectivity index (χ1) is 22.8. The molecule has 0 spiro atoms. The number of fused-ring (bicyclic) bond motifs is 4. The van der Waals surface area contributed by atoms with Gasteiger partial charge in [0.05, 0.1) is 0 Å². The van der Waals surface area contributed by atoms with E-state index < -0.39 is 57.1 Å². The SMILES string of the molecule is CC1CC2CC(C)(CNC3C4CC(C)CC3(CC(CO[N+](=O)[O-])O[N+](=O)[O-])CC(C)(CN)C4)CC(C(C)C(CO[N+](=O)[O-])O[N+](=O)[O-])(C1)C2. The van der Waals surface area contributed by atoms with Gasteiger partial charge in [0.15, 0.2) is 0 Å². The van der Waals surface area contributed by atoms with Gasteiger partial charge >= 0.3 is 0 Å². The molecule has 12 unspecified atom stereocenters. The summed E-state index contributed by atoms with van der Waals surface area (Å²) in [5, 5.41) is 45.2. The Hall–Kier alpha value is -3.28. The zero-order valence-corrected chi connectivity index (χ0v) is 29.3. The first-order valence-corrected chi connectivity index (χ1v) is 17.4. The summed E-state index contributed by atoms with van der Waals surface area (Å²) < 4.78 is 0. The van der Waals surface area contributed by atoms with Crippen molar-refractivity contribution in [3.05, 3.63) is 40.5 Å². The Bertz CT molecular complexity index is 1230. The lowest BCUT2D eigenvalue weighted by atomic mass is 9.47. The van der Waals surface area contributed by atoms with Crippen LogP contribution in [0.4, 0.5) is 0 Å². The van der Waals surface area contributed by atoms with Crippen LogP contribution in [0.25, 0.3) is 0 Å². The highest BCUT2D eigenvalue weighted by atomic mass is 17.0. The van der Waals surface area contributed by atoms with Crippen molar-refractivity contribution >= 4 is 0 Å². The lowest BCUT2D eigenvalue weighted by molar-refractivity contribution is -0.792. The number of nitrogens with one attached hydrogen (secondary N) is 1. The molecule has 4 aliphatic rings. The lowest BCUT2D eigenvalue weighted by Crippen LogP contribution is -2.63. The van der Waals surface area contributed by atoms with Crippen LogP contribution in [0, 0.1) is 91.7 Å². The Morgan fingerprint density at radius 3 is 2.04 bits per heavy atom. The van der Waals surface area contributed by atoms with E-state index in [-0.39, 0.29) is 34.6 Å². The summed E-state index contributed by atoms with van der Waals surface area (Å²) in [7, 11) is 0. The standard InChI is InChI=1S/C31H54N6O12/c1-20-6-23-10-29(5,17-30(8-20,11-23)22(3)26(49-37(44)45)15-47-35(40)41)19-33-27-24-7-21(2)9-31(27,16-28(4,12-24)18-32)13-25(48-36(42)43)14-46-34(38)39/h20-27,33H,6-19,32H2,1-5H3. The summed E-state index contributed by atoms with van der Waals surface area (Å²) in [6.45, 7) is 10.5. The zero-order valence-electron chi connectivity index (χ0n) is 29.3. The second-order valence-corrected chi connectivity index (χ2v) is 16.9. The highest BCUT2D eigenvalue weighted by Crippen LogP contribution is 2.62. The molecule has 12 atom stereocenters. The summed E-state index contributed by atoms with van der Waals surface area (Å²) in [5.41, 5.74) is 4.96. The van der Waals surface area contributed by atoms with Gasteiger partial charge in [0.2, 0.25) is 0 Å². The molecule has 0 aromatic carbocycles. The summed E-state index contributed by atoms with van der Waals surface area (Å²) in [6, 6.07) is -0.0678. The number of nitrogens with two attached hydrogens (primary N) is 1. The van der Waals surface area contributed by atoms with E-state index in [1.165, 1.54) is 0 Å². The third-order valence-corrected chi connectivity index (χ3v) is 12.4. The fraction of sp³-hybridized carbons (Fsp3) is 1.00. The van der Waals surface area contributed by atoms with E-state index in [4.69, 9.17) is 15.4 Å². The Morgan fingerprint density at radius 1 is 0.796 bits per heavy atom. The van der Waals surface area contributed by atoms with Crippen LogP contribution in [0.3, 0.4) is 0 Å². The normalized spacial score (nSPS) is 38.7. The van der Waals surface area contributed by atoms with Crippen molar-refractivity contribution in [1.29, 1.82) is 0 Å². The molecule has 0 radical (unpaired) electrons. The minimum Gasteiger partial charge on any atom is -0.330 e. The quantitative estimate of drug-likeness (QED) is 0.147. The average molecular weight is 703 g/mol. The van der Waals surface area contributed by atoms with Gasteiger partial charge in [-0.15, -0.1) is 40.5 Å². The Labute approximate surface area is 285 Å². The van der Waals surface area contributed by atoms with Crippen molar-refractivity contribution in [3.8, 4) is 0 Å². The monoisotopic (exact) mass is 702 g/mol. The maximum Gasteiger partial charge on any atom is 0.294 e. The molecular formula is C31H54N6O12. The lowest BCUT2D eigenvalue weighted by Gasteiger charge is -2.61. The molecule has 18 heteroatoms. The first kappa shape index (κ1) is 38.5. The minimum atomic E-state index is -1.15. The van der Waals surface area contributed by atoms with Gasteiger partial charge in [-0.25, -0.2) is 0 Å². The van der Waals surface area contributed by atoms with Crippen molar-refractivity contribution in [1.82, 2.24) is 5.32 Å². The van der Waals surface area contributed by atoms with Crippen LogP contribution in [0.5, 0.6) is 0 Å². The second-order valence-electron chi connectivity index (χ2n) is 16.9. The summed E-state index contributed by atoms with van der Waals surface area (Å²) in [5.74, 6) is 0.819. The number of nitrogens with zero attached hydrogens (tertiary/aromatic N) is 4. The van der Waals surface area contributed by atoms with Crippen LogP contribution in [-0.4, -0.2) is 64.9 Å². The van der Waals surface area contributed by atoms with E-state index in [0.29, 0.717) is 37.3 Å².